The van der Waals surface area contributed by atoms with Gasteiger partial charge in [-0.25, -0.2) is 9.18 Å². The molecule has 1 aromatic rings. The summed E-state index contributed by atoms with van der Waals surface area (Å²) >= 11 is 0. The molecule has 1 N–H and O–H groups in total. The zero-order valence-electron chi connectivity index (χ0n) is 15.3. The van der Waals surface area contributed by atoms with Gasteiger partial charge in [0.15, 0.2) is 0 Å². The second kappa shape index (κ2) is 8.16. The minimum atomic E-state index is -1.29. The average Bonchev–Trinajstić information content (AvgIpc) is 2.63. The number of anilines is 1. The van der Waals surface area contributed by atoms with Crippen LogP contribution in [0.3, 0.4) is 0 Å². The van der Waals surface area contributed by atoms with Crippen LogP contribution in [0.5, 0.6) is 0 Å². The van der Waals surface area contributed by atoms with Crippen LogP contribution in [0.25, 0.3) is 0 Å². The molecule has 26 heavy (non-hydrogen) atoms. The van der Waals surface area contributed by atoms with Gasteiger partial charge in [0.25, 0.3) is 0 Å². The van der Waals surface area contributed by atoms with E-state index in [-0.39, 0.29) is 5.91 Å². The van der Waals surface area contributed by atoms with Gasteiger partial charge in [0, 0.05) is 31.9 Å². The summed E-state index contributed by atoms with van der Waals surface area (Å²) in [5, 5.41) is 2.64. The summed E-state index contributed by atoms with van der Waals surface area (Å²) in [7, 11) is 0. The number of hydrogen-bond donors (Lipinski definition) is 1. The molecule has 2 rings (SSSR count). The highest BCUT2D eigenvalue weighted by Gasteiger charge is 2.40. The van der Waals surface area contributed by atoms with Gasteiger partial charge >= 0.3 is 6.09 Å². The lowest BCUT2D eigenvalue weighted by Gasteiger charge is -2.37. The van der Waals surface area contributed by atoms with E-state index in [1.807, 2.05) is 0 Å². The van der Waals surface area contributed by atoms with E-state index in [1.165, 1.54) is 24.3 Å². The Morgan fingerprint density at radius 1 is 1.08 bits per heavy atom. The number of nitrogens with one attached hydrogen (secondary N) is 1. The number of carbonyl (C=O) groups excluding carboxylic acids is 3. The molecule has 1 heterocycles. The number of nitrogens with zero attached hydrogens (tertiary/aromatic N) is 2. The van der Waals surface area contributed by atoms with E-state index in [9.17, 15) is 18.8 Å². The number of ether oxygens (including phenoxy) is 1. The molecule has 1 aromatic carbocycles. The molecule has 1 aliphatic rings. The molecule has 3 amide bonds. The average molecular weight is 365 g/mol. The number of benzene rings is 1. The molecule has 0 aliphatic carbocycles. The third-order valence-corrected chi connectivity index (χ3v) is 4.30. The van der Waals surface area contributed by atoms with Crippen molar-refractivity contribution in [2.75, 3.05) is 38.1 Å². The minimum absolute atomic E-state index is 0.300. The van der Waals surface area contributed by atoms with E-state index in [2.05, 4.69) is 5.32 Å². The van der Waals surface area contributed by atoms with Crippen LogP contribution in [0.1, 0.15) is 20.8 Å². The minimum Gasteiger partial charge on any atom is -0.450 e. The van der Waals surface area contributed by atoms with E-state index < -0.39 is 23.2 Å². The third kappa shape index (κ3) is 4.50. The highest BCUT2D eigenvalue weighted by molar-refractivity contribution is 6.09. The van der Waals surface area contributed by atoms with Crippen LogP contribution in [-0.2, 0) is 14.3 Å². The standard InChI is InChI=1S/C18H24FN3O4/c1-4-26-17(25)22-11-9-21(10-12-22)16(24)18(2,3)15(23)20-14-7-5-13(19)6-8-14/h5-8H,4,9-12H2,1-3H3,(H,20,23). The number of halogens is 1. The zero-order valence-corrected chi connectivity index (χ0v) is 15.3. The fourth-order valence-electron chi connectivity index (χ4n) is 2.62. The maximum atomic E-state index is 13.0. The van der Waals surface area contributed by atoms with Gasteiger partial charge in [-0.1, -0.05) is 0 Å². The SMILES string of the molecule is CCOC(=O)N1CCN(C(=O)C(C)(C)C(=O)Nc2ccc(F)cc2)CC1. The Morgan fingerprint density at radius 2 is 1.62 bits per heavy atom. The van der Waals surface area contributed by atoms with E-state index in [4.69, 9.17) is 4.74 Å². The summed E-state index contributed by atoms with van der Waals surface area (Å²) in [5.74, 6) is -1.19. The Balaban J connectivity index is 1.95. The quantitative estimate of drug-likeness (QED) is 0.829. The maximum Gasteiger partial charge on any atom is 0.409 e. The van der Waals surface area contributed by atoms with Crippen LogP contribution in [0.2, 0.25) is 0 Å². The molecule has 1 aliphatic heterocycles. The van der Waals surface area contributed by atoms with Crippen molar-refractivity contribution in [1.82, 2.24) is 9.80 Å². The lowest BCUT2D eigenvalue weighted by Crippen LogP contribution is -2.55. The maximum absolute atomic E-state index is 13.0. The largest absolute Gasteiger partial charge is 0.450 e. The molecular weight excluding hydrogens is 341 g/mol. The Bertz CT molecular complexity index is 668. The van der Waals surface area contributed by atoms with Crippen molar-refractivity contribution in [3.05, 3.63) is 30.1 Å². The second-order valence-electron chi connectivity index (χ2n) is 6.56. The van der Waals surface area contributed by atoms with Crippen molar-refractivity contribution in [1.29, 1.82) is 0 Å². The molecule has 142 valence electrons. The second-order valence-corrected chi connectivity index (χ2v) is 6.56. The van der Waals surface area contributed by atoms with Crippen LogP contribution < -0.4 is 5.32 Å². The summed E-state index contributed by atoms with van der Waals surface area (Å²) in [6, 6.07) is 5.34. The molecule has 8 heteroatoms. The first-order chi connectivity index (χ1) is 12.3. The lowest BCUT2D eigenvalue weighted by atomic mass is 9.89. The summed E-state index contributed by atoms with van der Waals surface area (Å²) in [4.78, 5) is 40.1. The van der Waals surface area contributed by atoms with E-state index in [1.54, 1.807) is 30.6 Å². The highest BCUT2D eigenvalue weighted by atomic mass is 19.1. The Hall–Kier alpha value is -2.64. The monoisotopic (exact) mass is 365 g/mol. The number of carbonyl (C=O) groups is 3. The Morgan fingerprint density at radius 3 is 2.15 bits per heavy atom. The summed E-state index contributed by atoms with van der Waals surface area (Å²) in [6.45, 7) is 6.53. The van der Waals surface area contributed by atoms with Crippen LogP contribution in [-0.4, -0.2) is 60.5 Å². The molecule has 1 saturated heterocycles. The molecule has 0 spiro atoms. The van der Waals surface area contributed by atoms with Crippen molar-refractivity contribution in [3.63, 3.8) is 0 Å². The Kier molecular flexibility index (Phi) is 6.18. The van der Waals surface area contributed by atoms with Crippen molar-refractivity contribution >= 4 is 23.6 Å². The van der Waals surface area contributed by atoms with Gasteiger partial charge < -0.3 is 19.9 Å². The molecule has 1 fully saturated rings. The number of rotatable bonds is 4. The van der Waals surface area contributed by atoms with Gasteiger partial charge in [-0.05, 0) is 45.0 Å². The third-order valence-electron chi connectivity index (χ3n) is 4.30. The predicted octanol–water partition coefficient (Wildman–Crippen LogP) is 2.09. The van der Waals surface area contributed by atoms with Gasteiger partial charge in [-0.3, -0.25) is 9.59 Å². The van der Waals surface area contributed by atoms with Crippen LogP contribution in [0, 0.1) is 11.2 Å². The highest BCUT2D eigenvalue weighted by Crippen LogP contribution is 2.23. The van der Waals surface area contributed by atoms with Gasteiger partial charge in [-0.15, -0.1) is 0 Å². The molecule has 0 saturated carbocycles. The fourth-order valence-corrected chi connectivity index (χ4v) is 2.62. The normalized spacial score (nSPS) is 14.8. The van der Waals surface area contributed by atoms with Gasteiger partial charge in [0.2, 0.25) is 11.8 Å². The molecule has 0 unspecified atom stereocenters. The summed E-state index contributed by atoms with van der Waals surface area (Å²) < 4.78 is 17.9. The molecule has 0 atom stereocenters. The van der Waals surface area contributed by atoms with Gasteiger partial charge in [-0.2, -0.15) is 0 Å². The van der Waals surface area contributed by atoms with Crippen LogP contribution in [0.4, 0.5) is 14.9 Å². The van der Waals surface area contributed by atoms with Crippen LogP contribution in [0.15, 0.2) is 24.3 Å². The Labute approximate surface area is 152 Å². The molecule has 0 bridgehead atoms. The smallest absolute Gasteiger partial charge is 0.409 e. The van der Waals surface area contributed by atoms with E-state index in [0.717, 1.165) is 0 Å². The first-order valence-corrected chi connectivity index (χ1v) is 8.53. The zero-order chi connectivity index (χ0) is 19.3. The van der Waals surface area contributed by atoms with E-state index >= 15 is 0 Å². The number of piperazine rings is 1. The van der Waals surface area contributed by atoms with Crippen molar-refractivity contribution in [2.24, 2.45) is 5.41 Å². The van der Waals surface area contributed by atoms with Crippen molar-refractivity contribution in [2.45, 2.75) is 20.8 Å². The van der Waals surface area contributed by atoms with Gasteiger partial charge in [0.05, 0.1) is 6.61 Å². The van der Waals surface area contributed by atoms with Crippen LogP contribution >= 0.6 is 0 Å². The number of amides is 3. The first-order valence-electron chi connectivity index (χ1n) is 8.53. The number of hydrogen-bond acceptors (Lipinski definition) is 4. The topological polar surface area (TPSA) is 79.0 Å². The van der Waals surface area contributed by atoms with Crippen molar-refractivity contribution in [3.8, 4) is 0 Å². The predicted molar refractivity (Wildman–Crippen MR) is 94.0 cm³/mol. The van der Waals surface area contributed by atoms with Crippen molar-refractivity contribution < 1.29 is 23.5 Å². The fraction of sp³-hybridized carbons (Fsp3) is 0.500. The molecular formula is C18H24FN3O4. The van der Waals surface area contributed by atoms with E-state index in [0.29, 0.717) is 38.5 Å². The molecule has 7 nitrogen and oxygen atoms in total. The summed E-state index contributed by atoms with van der Waals surface area (Å²) in [5.41, 5.74) is -0.870. The lowest BCUT2D eigenvalue weighted by molar-refractivity contribution is -0.147. The molecule has 0 aromatic heterocycles. The summed E-state index contributed by atoms with van der Waals surface area (Å²) in [6.07, 6.45) is -0.395. The van der Waals surface area contributed by atoms with Gasteiger partial charge in [0.1, 0.15) is 11.2 Å². The first kappa shape index (κ1) is 19.7. The molecule has 0 radical (unpaired) electrons.